The molecule has 0 atom stereocenters. The maximum absolute atomic E-state index is 11.5. The monoisotopic (exact) mass is 233 g/mol. The summed E-state index contributed by atoms with van der Waals surface area (Å²) < 4.78 is 5.09. The zero-order chi connectivity index (χ0) is 12.6. The molecule has 0 aromatic rings. The molecule has 0 bridgehead atoms. The van der Waals surface area contributed by atoms with Crippen LogP contribution in [0.5, 0.6) is 0 Å². The van der Waals surface area contributed by atoms with Gasteiger partial charge in [-0.3, -0.25) is 0 Å². The third-order valence-electron chi connectivity index (χ3n) is 2.94. The summed E-state index contributed by atoms with van der Waals surface area (Å²) in [6, 6.07) is 0. The van der Waals surface area contributed by atoms with E-state index in [1.807, 2.05) is 20.8 Å². The number of carbonyl (C=O) groups is 1. The molecule has 16 heavy (non-hydrogen) atoms. The minimum absolute atomic E-state index is 0.0475. The SMILES string of the molecule is CCN(CC)C(=O)OCC(CC)(CO)CO. The topological polar surface area (TPSA) is 70.0 Å². The minimum atomic E-state index is -0.719. The van der Waals surface area contributed by atoms with Gasteiger partial charge in [0.15, 0.2) is 0 Å². The predicted octanol–water partition coefficient (Wildman–Crippen LogP) is 0.846. The van der Waals surface area contributed by atoms with E-state index in [4.69, 9.17) is 4.74 Å². The molecule has 0 aliphatic rings. The van der Waals surface area contributed by atoms with Crippen molar-refractivity contribution in [3.05, 3.63) is 0 Å². The lowest BCUT2D eigenvalue weighted by molar-refractivity contribution is -0.0130. The lowest BCUT2D eigenvalue weighted by Gasteiger charge is -2.29. The Balaban J connectivity index is 4.25. The largest absolute Gasteiger partial charge is 0.449 e. The molecule has 0 rings (SSSR count). The molecule has 0 radical (unpaired) electrons. The normalized spacial score (nSPS) is 11.3. The standard InChI is InChI=1S/C11H23NO4/c1-4-11(7-13,8-14)9-16-10(15)12(5-2)6-3/h13-14H,4-9H2,1-3H3. The first-order valence-electron chi connectivity index (χ1n) is 5.72. The predicted molar refractivity (Wildman–Crippen MR) is 61.2 cm³/mol. The Morgan fingerprint density at radius 3 is 2.00 bits per heavy atom. The van der Waals surface area contributed by atoms with E-state index < -0.39 is 11.5 Å². The van der Waals surface area contributed by atoms with Crippen LogP contribution in [0.15, 0.2) is 0 Å². The molecule has 0 saturated carbocycles. The first kappa shape index (κ1) is 15.2. The molecular weight excluding hydrogens is 210 g/mol. The molecule has 0 heterocycles. The maximum Gasteiger partial charge on any atom is 0.409 e. The van der Waals surface area contributed by atoms with Crippen LogP contribution in [0, 0.1) is 5.41 Å². The highest BCUT2D eigenvalue weighted by Gasteiger charge is 2.29. The van der Waals surface area contributed by atoms with Gasteiger partial charge in [-0.15, -0.1) is 0 Å². The average Bonchev–Trinajstić information content (AvgIpc) is 2.33. The van der Waals surface area contributed by atoms with Crippen LogP contribution in [-0.4, -0.2) is 54.1 Å². The summed E-state index contributed by atoms with van der Waals surface area (Å²) in [6.07, 6.45) is 0.163. The zero-order valence-electron chi connectivity index (χ0n) is 10.4. The number of aliphatic hydroxyl groups is 2. The maximum atomic E-state index is 11.5. The molecule has 96 valence electrons. The van der Waals surface area contributed by atoms with Crippen LogP contribution in [-0.2, 0) is 4.74 Å². The number of ether oxygens (including phenoxy) is 1. The van der Waals surface area contributed by atoms with Crippen LogP contribution in [0.25, 0.3) is 0 Å². The lowest BCUT2D eigenvalue weighted by atomic mass is 9.88. The number of hydrogen-bond acceptors (Lipinski definition) is 4. The van der Waals surface area contributed by atoms with Crippen molar-refractivity contribution in [1.29, 1.82) is 0 Å². The second kappa shape index (κ2) is 7.46. The summed E-state index contributed by atoms with van der Waals surface area (Å²) in [7, 11) is 0. The van der Waals surface area contributed by atoms with Gasteiger partial charge in [0.05, 0.1) is 18.6 Å². The molecule has 5 heteroatoms. The van der Waals surface area contributed by atoms with E-state index >= 15 is 0 Å². The fraction of sp³-hybridized carbons (Fsp3) is 0.909. The molecule has 0 unspecified atom stereocenters. The first-order valence-corrected chi connectivity index (χ1v) is 5.72. The molecular formula is C11H23NO4. The molecule has 5 nitrogen and oxygen atoms in total. The van der Waals surface area contributed by atoms with Gasteiger partial charge in [0.2, 0.25) is 0 Å². The Morgan fingerprint density at radius 1 is 1.19 bits per heavy atom. The Hall–Kier alpha value is -0.810. The highest BCUT2D eigenvalue weighted by Crippen LogP contribution is 2.21. The van der Waals surface area contributed by atoms with Crippen molar-refractivity contribution in [3.8, 4) is 0 Å². The average molecular weight is 233 g/mol. The van der Waals surface area contributed by atoms with Crippen LogP contribution >= 0.6 is 0 Å². The summed E-state index contributed by atoms with van der Waals surface area (Å²) in [5.74, 6) is 0. The van der Waals surface area contributed by atoms with Crippen LogP contribution in [0.4, 0.5) is 4.79 Å². The van der Waals surface area contributed by atoms with Crippen molar-refractivity contribution in [2.24, 2.45) is 5.41 Å². The third-order valence-corrected chi connectivity index (χ3v) is 2.94. The summed E-state index contributed by atoms with van der Waals surface area (Å²) in [5.41, 5.74) is -0.719. The van der Waals surface area contributed by atoms with E-state index in [1.54, 1.807) is 4.90 Å². The highest BCUT2D eigenvalue weighted by atomic mass is 16.6. The Morgan fingerprint density at radius 2 is 1.69 bits per heavy atom. The second-order valence-electron chi connectivity index (χ2n) is 3.90. The molecule has 0 aromatic heterocycles. The fourth-order valence-corrected chi connectivity index (χ4v) is 1.25. The molecule has 0 aromatic carbocycles. The van der Waals surface area contributed by atoms with Crippen molar-refractivity contribution in [2.45, 2.75) is 27.2 Å². The van der Waals surface area contributed by atoms with Gasteiger partial charge in [-0.1, -0.05) is 6.92 Å². The fourth-order valence-electron chi connectivity index (χ4n) is 1.25. The van der Waals surface area contributed by atoms with E-state index in [0.717, 1.165) is 0 Å². The van der Waals surface area contributed by atoms with Crippen molar-refractivity contribution >= 4 is 6.09 Å². The molecule has 2 N–H and O–H groups in total. The number of carbonyl (C=O) groups excluding carboxylic acids is 1. The van der Waals surface area contributed by atoms with Gasteiger partial charge in [0.1, 0.15) is 6.61 Å². The zero-order valence-corrected chi connectivity index (χ0v) is 10.4. The smallest absolute Gasteiger partial charge is 0.409 e. The highest BCUT2D eigenvalue weighted by molar-refractivity contribution is 5.67. The summed E-state index contributed by atoms with van der Waals surface area (Å²) >= 11 is 0. The minimum Gasteiger partial charge on any atom is -0.449 e. The Kier molecular flexibility index (Phi) is 7.08. The van der Waals surface area contributed by atoms with Crippen LogP contribution in [0.2, 0.25) is 0 Å². The first-order chi connectivity index (χ1) is 7.59. The van der Waals surface area contributed by atoms with Crippen LogP contribution in [0.3, 0.4) is 0 Å². The summed E-state index contributed by atoms with van der Waals surface area (Å²) in [4.78, 5) is 13.1. The van der Waals surface area contributed by atoms with Crippen molar-refractivity contribution in [2.75, 3.05) is 32.9 Å². The van der Waals surface area contributed by atoms with Crippen molar-refractivity contribution in [1.82, 2.24) is 4.90 Å². The number of aliphatic hydroxyl groups excluding tert-OH is 2. The Bertz CT molecular complexity index is 192. The van der Waals surface area contributed by atoms with Gasteiger partial charge in [0.25, 0.3) is 0 Å². The van der Waals surface area contributed by atoms with E-state index in [2.05, 4.69) is 0 Å². The summed E-state index contributed by atoms with van der Waals surface area (Å²) in [6.45, 7) is 6.44. The molecule has 0 fully saturated rings. The van der Waals surface area contributed by atoms with Crippen LogP contribution < -0.4 is 0 Å². The van der Waals surface area contributed by atoms with Gasteiger partial charge in [-0.2, -0.15) is 0 Å². The van der Waals surface area contributed by atoms with Gasteiger partial charge >= 0.3 is 6.09 Å². The van der Waals surface area contributed by atoms with Crippen molar-refractivity contribution in [3.63, 3.8) is 0 Å². The van der Waals surface area contributed by atoms with Gasteiger partial charge < -0.3 is 19.8 Å². The van der Waals surface area contributed by atoms with Gasteiger partial charge in [-0.05, 0) is 20.3 Å². The van der Waals surface area contributed by atoms with E-state index in [-0.39, 0.29) is 19.8 Å². The lowest BCUT2D eigenvalue weighted by Crippen LogP contribution is -2.39. The molecule has 0 saturated heterocycles. The quantitative estimate of drug-likeness (QED) is 0.684. The van der Waals surface area contributed by atoms with Gasteiger partial charge in [0, 0.05) is 13.1 Å². The van der Waals surface area contributed by atoms with E-state index in [1.165, 1.54) is 0 Å². The van der Waals surface area contributed by atoms with Crippen molar-refractivity contribution < 1.29 is 19.7 Å². The van der Waals surface area contributed by atoms with Crippen LogP contribution in [0.1, 0.15) is 27.2 Å². The Labute approximate surface area is 97.0 Å². The third kappa shape index (κ3) is 3.98. The number of hydrogen-bond donors (Lipinski definition) is 2. The molecule has 1 amide bonds. The summed E-state index contributed by atoms with van der Waals surface area (Å²) in [5, 5.41) is 18.4. The van der Waals surface area contributed by atoms with Gasteiger partial charge in [-0.25, -0.2) is 4.79 Å². The molecule has 0 spiro atoms. The van der Waals surface area contributed by atoms with E-state index in [9.17, 15) is 15.0 Å². The number of rotatable bonds is 7. The molecule has 0 aliphatic heterocycles. The number of nitrogens with zero attached hydrogens (tertiary/aromatic N) is 1. The van der Waals surface area contributed by atoms with E-state index in [0.29, 0.717) is 19.5 Å². The molecule has 0 aliphatic carbocycles. The number of amides is 1. The second-order valence-corrected chi connectivity index (χ2v) is 3.90.